The molecule has 0 spiro atoms. The molecule has 0 fully saturated rings. The fourth-order valence-electron chi connectivity index (χ4n) is 4.16. The Bertz CT molecular complexity index is 1390. The van der Waals surface area contributed by atoms with Crippen molar-refractivity contribution in [2.45, 2.75) is 6.54 Å². The number of fused-ring (bicyclic) bond motifs is 2. The van der Waals surface area contributed by atoms with Gasteiger partial charge in [-0.2, -0.15) is 10.4 Å². The molecule has 0 aliphatic carbocycles. The number of carbonyl (C=O) groups excluding carboxylic acids is 1. The third-order valence-corrected chi connectivity index (χ3v) is 5.65. The maximum absolute atomic E-state index is 12.9. The maximum Gasteiger partial charge on any atom is 0.256 e. The Hall–Kier alpha value is -4.37. The molecule has 1 aliphatic heterocycles. The molecule has 0 bridgehead atoms. The van der Waals surface area contributed by atoms with E-state index in [1.807, 2.05) is 53.3 Å². The van der Waals surface area contributed by atoms with Crippen LogP contribution in [0.15, 0.2) is 79.1 Å². The van der Waals surface area contributed by atoms with Gasteiger partial charge in [0.25, 0.3) is 5.91 Å². The maximum atomic E-state index is 12.9. The third kappa shape index (κ3) is 3.04. The molecule has 31 heavy (non-hydrogen) atoms. The van der Waals surface area contributed by atoms with Crippen LogP contribution in [0.25, 0.3) is 27.8 Å². The van der Waals surface area contributed by atoms with Crippen molar-refractivity contribution in [3.05, 3.63) is 90.3 Å². The Morgan fingerprint density at radius 3 is 2.71 bits per heavy atom. The summed E-state index contributed by atoms with van der Waals surface area (Å²) < 4.78 is 1.84. The van der Waals surface area contributed by atoms with E-state index in [2.05, 4.69) is 29.9 Å². The highest BCUT2D eigenvalue weighted by atomic mass is 16.2. The van der Waals surface area contributed by atoms with E-state index in [-0.39, 0.29) is 12.5 Å². The third-order valence-electron chi connectivity index (χ3n) is 5.65. The van der Waals surface area contributed by atoms with Gasteiger partial charge in [-0.1, -0.05) is 43.0 Å². The van der Waals surface area contributed by atoms with Gasteiger partial charge in [0, 0.05) is 29.6 Å². The van der Waals surface area contributed by atoms with E-state index in [9.17, 15) is 4.79 Å². The number of benzene rings is 2. The van der Waals surface area contributed by atoms with Crippen LogP contribution in [0.2, 0.25) is 0 Å². The van der Waals surface area contributed by atoms with Gasteiger partial charge in [0.05, 0.1) is 29.9 Å². The fourth-order valence-corrected chi connectivity index (χ4v) is 4.16. The lowest BCUT2D eigenvalue weighted by molar-refractivity contribution is 0.0794. The molecule has 2 N–H and O–H groups in total. The highest BCUT2D eigenvalue weighted by Gasteiger charge is 2.32. The van der Waals surface area contributed by atoms with Gasteiger partial charge in [-0.25, -0.2) is 4.52 Å². The number of anilines is 1. The molecule has 0 saturated carbocycles. The zero-order valence-corrected chi connectivity index (χ0v) is 16.7. The van der Waals surface area contributed by atoms with Gasteiger partial charge in [0.1, 0.15) is 0 Å². The van der Waals surface area contributed by atoms with E-state index in [1.165, 1.54) is 0 Å². The average molecular weight is 405 g/mol. The lowest BCUT2D eigenvalue weighted by atomic mass is 9.95. The number of amides is 1. The Kier molecular flexibility index (Phi) is 4.30. The van der Waals surface area contributed by atoms with Gasteiger partial charge in [0.15, 0.2) is 0 Å². The molecule has 0 unspecified atom stereocenters. The molecule has 2 aromatic heterocycles. The zero-order chi connectivity index (χ0) is 21.5. The Balaban J connectivity index is 1.62. The number of rotatable bonds is 4. The van der Waals surface area contributed by atoms with E-state index < -0.39 is 0 Å². The molecular formula is C25H19N5O. The van der Waals surface area contributed by atoms with Crippen molar-refractivity contribution in [2.24, 2.45) is 0 Å². The first-order valence-corrected chi connectivity index (χ1v) is 9.88. The summed E-state index contributed by atoms with van der Waals surface area (Å²) in [5.41, 5.74) is 13.4. The Morgan fingerprint density at radius 1 is 1.13 bits per heavy atom. The molecule has 1 aliphatic rings. The van der Waals surface area contributed by atoms with Gasteiger partial charge < -0.3 is 10.6 Å². The largest absolute Gasteiger partial charge is 0.398 e. The van der Waals surface area contributed by atoms with Crippen LogP contribution in [0.3, 0.4) is 0 Å². The van der Waals surface area contributed by atoms with Crippen LogP contribution < -0.4 is 5.73 Å². The first-order chi connectivity index (χ1) is 15.1. The van der Waals surface area contributed by atoms with Crippen molar-refractivity contribution in [2.75, 3.05) is 12.3 Å². The van der Waals surface area contributed by atoms with Crippen LogP contribution in [0.4, 0.5) is 5.69 Å². The summed E-state index contributed by atoms with van der Waals surface area (Å²) >= 11 is 0. The molecule has 0 radical (unpaired) electrons. The van der Waals surface area contributed by atoms with Crippen LogP contribution >= 0.6 is 0 Å². The van der Waals surface area contributed by atoms with Crippen molar-refractivity contribution >= 4 is 17.1 Å². The number of aromatic nitrogens is 2. The van der Waals surface area contributed by atoms with E-state index >= 15 is 0 Å². The standard InChI is InChI=1S/C25H19N5O/c1-16(12-26)14-29-15-21-19(7-8-22(27)24(21)25(29)31)18-9-10-30-23(11-18)20(13-28-30)17-5-3-2-4-6-17/h2-11,13H,1,14-15,27H2. The lowest BCUT2D eigenvalue weighted by Gasteiger charge is -2.14. The Labute approximate surface area is 179 Å². The molecule has 5 rings (SSSR count). The van der Waals surface area contributed by atoms with E-state index in [0.29, 0.717) is 23.4 Å². The summed E-state index contributed by atoms with van der Waals surface area (Å²) in [5, 5.41) is 13.5. The molecule has 4 aromatic rings. The summed E-state index contributed by atoms with van der Waals surface area (Å²) in [6.07, 6.45) is 3.78. The normalized spacial score (nSPS) is 12.7. The van der Waals surface area contributed by atoms with Gasteiger partial charge in [-0.3, -0.25) is 4.79 Å². The Morgan fingerprint density at radius 2 is 1.94 bits per heavy atom. The van der Waals surface area contributed by atoms with Gasteiger partial charge in [0.2, 0.25) is 0 Å². The topological polar surface area (TPSA) is 87.4 Å². The van der Waals surface area contributed by atoms with E-state index in [1.54, 1.807) is 11.0 Å². The highest BCUT2D eigenvalue weighted by Crippen LogP contribution is 2.37. The van der Waals surface area contributed by atoms with E-state index in [4.69, 9.17) is 11.0 Å². The summed E-state index contributed by atoms with van der Waals surface area (Å²) in [6, 6.07) is 19.9. The second-order valence-electron chi connectivity index (χ2n) is 7.60. The number of carbonyl (C=O) groups is 1. The average Bonchev–Trinajstić information content (AvgIpc) is 3.36. The van der Waals surface area contributed by atoms with Crippen molar-refractivity contribution in [1.82, 2.24) is 14.5 Å². The first kappa shape index (κ1) is 18.6. The van der Waals surface area contributed by atoms with E-state index in [0.717, 1.165) is 33.3 Å². The summed E-state index contributed by atoms with van der Waals surface area (Å²) in [6.45, 7) is 4.30. The quantitative estimate of drug-likeness (QED) is 0.405. The molecule has 3 heterocycles. The lowest BCUT2D eigenvalue weighted by Crippen LogP contribution is -2.26. The second-order valence-corrected chi connectivity index (χ2v) is 7.60. The number of pyridine rings is 1. The number of nitrogens with two attached hydrogens (primary N) is 1. The highest BCUT2D eigenvalue weighted by molar-refractivity contribution is 6.05. The monoisotopic (exact) mass is 405 g/mol. The van der Waals surface area contributed by atoms with Gasteiger partial charge in [-0.15, -0.1) is 0 Å². The predicted molar refractivity (Wildman–Crippen MR) is 120 cm³/mol. The minimum atomic E-state index is -0.166. The molecule has 2 aromatic carbocycles. The molecule has 6 heteroatoms. The van der Waals surface area contributed by atoms with Gasteiger partial charge in [-0.05, 0) is 40.5 Å². The van der Waals surface area contributed by atoms with Crippen molar-refractivity contribution in [3.63, 3.8) is 0 Å². The molecule has 0 atom stereocenters. The SMILES string of the molecule is C=C(C#N)CN1Cc2c(-c3ccn4ncc(-c5ccccc5)c4c3)ccc(N)c2C1=O. The number of hydrogen-bond acceptors (Lipinski definition) is 4. The molecular weight excluding hydrogens is 386 g/mol. The van der Waals surface area contributed by atoms with Crippen molar-refractivity contribution in [1.29, 1.82) is 5.26 Å². The zero-order valence-electron chi connectivity index (χ0n) is 16.7. The van der Waals surface area contributed by atoms with Crippen LogP contribution in [0.5, 0.6) is 0 Å². The minimum Gasteiger partial charge on any atom is -0.398 e. The molecule has 6 nitrogen and oxygen atoms in total. The second kappa shape index (κ2) is 7.15. The van der Waals surface area contributed by atoms with Crippen LogP contribution in [0, 0.1) is 11.3 Å². The minimum absolute atomic E-state index is 0.166. The van der Waals surface area contributed by atoms with Crippen molar-refractivity contribution < 1.29 is 4.79 Å². The van der Waals surface area contributed by atoms with Gasteiger partial charge >= 0.3 is 0 Å². The molecule has 150 valence electrons. The van der Waals surface area contributed by atoms with Crippen LogP contribution in [-0.4, -0.2) is 27.0 Å². The number of nitrogens with zero attached hydrogens (tertiary/aromatic N) is 4. The summed E-state index contributed by atoms with van der Waals surface area (Å²) in [4.78, 5) is 14.6. The molecule has 1 amide bonds. The van der Waals surface area contributed by atoms with Crippen LogP contribution in [-0.2, 0) is 6.54 Å². The first-order valence-electron chi connectivity index (χ1n) is 9.88. The predicted octanol–water partition coefficient (Wildman–Crippen LogP) is 4.29. The summed E-state index contributed by atoms with van der Waals surface area (Å²) in [5.74, 6) is -0.166. The van der Waals surface area contributed by atoms with Crippen LogP contribution in [0.1, 0.15) is 15.9 Å². The number of nitrogen functional groups attached to an aromatic ring is 1. The summed E-state index contributed by atoms with van der Waals surface area (Å²) in [7, 11) is 0. The fraction of sp³-hybridized carbons (Fsp3) is 0.0800. The number of nitriles is 1. The number of hydrogen-bond donors (Lipinski definition) is 1. The van der Waals surface area contributed by atoms with Crippen molar-refractivity contribution in [3.8, 4) is 28.3 Å². The smallest absolute Gasteiger partial charge is 0.256 e. The molecule has 0 saturated heterocycles.